The SMILES string of the molecule is CO[C@H]1C[C@@H]2CC[C@@H](C)[C@@](O)(O2)C(=O)C(=O)N2CCCCC2C(=O)O[C@H]([C@H](C)CC2CC[C@@H](O)[C@H](CO)C2)CC(=O)[C@H](C)/C=C(\C)[C@@H](O)[C@@H](OC)C(=O)[C@H](C)C[C@H](C)/C=C/C=C/C=C/1C. The summed E-state index contributed by atoms with van der Waals surface area (Å²) >= 11 is 0. The van der Waals surface area contributed by atoms with Crippen LogP contribution in [-0.4, -0.2) is 130 Å². The number of allylic oxidation sites excluding steroid dienone is 6. The van der Waals surface area contributed by atoms with Crippen molar-refractivity contribution in [1.82, 2.24) is 4.90 Å². The third kappa shape index (κ3) is 14.3. The number of fused-ring (bicyclic) bond motifs is 3. The molecule has 4 aliphatic rings. The summed E-state index contributed by atoms with van der Waals surface area (Å²) in [6, 6.07) is -1.15. The van der Waals surface area contributed by atoms with Crippen molar-refractivity contribution in [3.63, 3.8) is 0 Å². The molecule has 14 nitrogen and oxygen atoms in total. The number of cyclic esters (lactones) is 1. The topological polar surface area (TPSA) is 206 Å². The lowest BCUT2D eigenvalue weighted by Crippen LogP contribution is -2.61. The van der Waals surface area contributed by atoms with E-state index in [1.54, 1.807) is 34.0 Å². The quantitative estimate of drug-likeness (QED) is 0.142. The molecule has 65 heavy (non-hydrogen) atoms. The molecule has 3 fully saturated rings. The number of Topliss-reactive ketones (excluding diaryl/α,β-unsaturated/α-hetero) is 3. The van der Waals surface area contributed by atoms with Crippen LogP contribution in [0.25, 0.3) is 0 Å². The molecule has 4 N–H and O–H groups in total. The molecular formula is C51H79NO13. The summed E-state index contributed by atoms with van der Waals surface area (Å²) < 4.78 is 23.8. The van der Waals surface area contributed by atoms with Gasteiger partial charge in [-0.1, -0.05) is 71.1 Å². The number of methoxy groups -OCH3 is 2. The molecule has 14 heteroatoms. The fourth-order valence-corrected chi connectivity index (χ4v) is 10.2. The Morgan fingerprint density at radius 1 is 0.877 bits per heavy atom. The Balaban J connectivity index is 1.70. The largest absolute Gasteiger partial charge is 0.460 e. The predicted octanol–water partition coefficient (Wildman–Crippen LogP) is 5.77. The van der Waals surface area contributed by atoms with E-state index in [-0.39, 0.29) is 61.2 Å². The van der Waals surface area contributed by atoms with Crippen molar-refractivity contribution in [2.24, 2.45) is 41.4 Å². The molecule has 15 atom stereocenters. The van der Waals surface area contributed by atoms with Crippen LogP contribution >= 0.6 is 0 Å². The molecule has 0 aromatic rings. The smallest absolute Gasteiger partial charge is 0.329 e. The van der Waals surface area contributed by atoms with Crippen LogP contribution in [0.1, 0.15) is 126 Å². The molecule has 0 aromatic heterocycles. The Morgan fingerprint density at radius 3 is 2.28 bits per heavy atom. The van der Waals surface area contributed by atoms with Gasteiger partial charge in [0, 0.05) is 63.9 Å². The maximum absolute atomic E-state index is 14.3. The van der Waals surface area contributed by atoms with Crippen LogP contribution in [0.2, 0.25) is 0 Å². The standard InChI is InChI=1S/C51H79NO13/c1-30-15-11-10-12-16-31(2)43(62-8)27-39-20-18-36(7)51(61,65-39)48(58)49(59)52-22-14-13-17-40(52)50(60)64-44(33(4)25-37-19-21-41(54)38(26-37)29-53)28-42(55)32(3)24-35(6)46(57)47(63-9)45(56)34(5)23-30/h10-12,15-16,24,30,32-34,36-41,43-44,46-47,53-54,57,61H,13-14,17-23,25-29H2,1-9H3/b12-10+,15-11+,31-16+,35-24+/t30-,32-,33-,34-,36-,37?,38+,39+,40?,41-,43+,44+,46-,47+,51-/m1/s1. The molecule has 2 bridgehead atoms. The molecular weight excluding hydrogens is 835 g/mol. The van der Waals surface area contributed by atoms with Gasteiger partial charge in [-0.15, -0.1) is 0 Å². The number of carbonyl (C=O) groups excluding carboxylic acids is 5. The highest BCUT2D eigenvalue weighted by Crippen LogP contribution is 2.38. The van der Waals surface area contributed by atoms with E-state index in [1.807, 2.05) is 58.1 Å². The van der Waals surface area contributed by atoms with Crippen LogP contribution in [0.15, 0.2) is 47.6 Å². The number of piperidine rings is 1. The van der Waals surface area contributed by atoms with Crippen molar-refractivity contribution < 1.29 is 63.3 Å². The molecule has 366 valence electrons. The van der Waals surface area contributed by atoms with Crippen LogP contribution in [-0.2, 0) is 42.9 Å². The fourth-order valence-electron chi connectivity index (χ4n) is 10.2. The Bertz CT molecular complexity index is 1760. The zero-order valence-corrected chi connectivity index (χ0v) is 40.4. The molecule has 1 saturated carbocycles. The molecule has 2 unspecified atom stereocenters. The second-order valence-corrected chi connectivity index (χ2v) is 19.8. The first-order valence-electron chi connectivity index (χ1n) is 24.0. The van der Waals surface area contributed by atoms with Crippen molar-refractivity contribution in [1.29, 1.82) is 0 Å². The Labute approximate surface area is 386 Å². The Morgan fingerprint density at radius 2 is 1.60 bits per heavy atom. The predicted molar refractivity (Wildman–Crippen MR) is 245 cm³/mol. The zero-order valence-electron chi connectivity index (χ0n) is 40.4. The number of nitrogens with zero attached hydrogens (tertiary/aromatic N) is 1. The monoisotopic (exact) mass is 914 g/mol. The minimum Gasteiger partial charge on any atom is -0.460 e. The summed E-state index contributed by atoms with van der Waals surface area (Å²) in [5, 5.41) is 43.7. The highest BCUT2D eigenvalue weighted by atomic mass is 16.6. The number of esters is 1. The first-order chi connectivity index (χ1) is 30.7. The van der Waals surface area contributed by atoms with E-state index in [1.165, 1.54) is 12.0 Å². The average Bonchev–Trinajstić information content (AvgIpc) is 3.28. The summed E-state index contributed by atoms with van der Waals surface area (Å²) in [6.07, 6.45) is 11.2. The van der Waals surface area contributed by atoms with Gasteiger partial charge in [0.05, 0.1) is 18.3 Å². The maximum atomic E-state index is 14.3. The first kappa shape index (κ1) is 54.2. The van der Waals surface area contributed by atoms with Gasteiger partial charge in [0.15, 0.2) is 5.78 Å². The lowest BCUT2D eigenvalue weighted by molar-refractivity contribution is -0.265. The average molecular weight is 914 g/mol. The molecule has 0 aromatic carbocycles. The van der Waals surface area contributed by atoms with Gasteiger partial charge in [-0.2, -0.15) is 0 Å². The van der Waals surface area contributed by atoms with E-state index in [0.29, 0.717) is 69.8 Å². The van der Waals surface area contributed by atoms with Crippen LogP contribution in [0.4, 0.5) is 0 Å². The van der Waals surface area contributed by atoms with Crippen molar-refractivity contribution in [2.75, 3.05) is 27.4 Å². The molecule has 2 saturated heterocycles. The van der Waals surface area contributed by atoms with Gasteiger partial charge in [-0.05, 0) is 107 Å². The maximum Gasteiger partial charge on any atom is 0.329 e. The first-order valence-corrected chi connectivity index (χ1v) is 24.0. The van der Waals surface area contributed by atoms with E-state index in [2.05, 4.69) is 0 Å². The number of hydrogen-bond donors (Lipinski definition) is 4. The third-order valence-corrected chi connectivity index (χ3v) is 14.6. The second-order valence-electron chi connectivity index (χ2n) is 19.8. The molecule has 1 aliphatic carbocycles. The normalized spacial score (nSPS) is 40.4. The molecule has 0 spiro atoms. The second kappa shape index (κ2) is 25.1. The number of ether oxygens (including phenoxy) is 4. The summed E-state index contributed by atoms with van der Waals surface area (Å²) in [7, 11) is 2.94. The number of rotatable bonds is 6. The highest BCUT2D eigenvalue weighted by molar-refractivity contribution is 6.39. The van der Waals surface area contributed by atoms with Crippen LogP contribution in [0.5, 0.6) is 0 Å². The van der Waals surface area contributed by atoms with Crippen molar-refractivity contribution in [3.8, 4) is 0 Å². The van der Waals surface area contributed by atoms with Crippen LogP contribution in [0.3, 0.4) is 0 Å². The van der Waals surface area contributed by atoms with Gasteiger partial charge < -0.3 is 44.3 Å². The summed E-state index contributed by atoms with van der Waals surface area (Å²) in [5.74, 6) is -8.40. The lowest BCUT2D eigenvalue weighted by Gasteiger charge is -2.42. The number of amides is 1. The molecule has 3 aliphatic heterocycles. The number of aliphatic hydroxyl groups excluding tert-OH is 3. The van der Waals surface area contributed by atoms with Gasteiger partial charge in [0.1, 0.15) is 30.1 Å². The molecule has 1 amide bonds. The molecule has 0 radical (unpaired) electrons. The lowest BCUT2D eigenvalue weighted by atomic mass is 9.75. The van der Waals surface area contributed by atoms with Crippen LogP contribution in [0, 0.1) is 41.4 Å². The summed E-state index contributed by atoms with van der Waals surface area (Å²) in [4.78, 5) is 71.7. The minimum atomic E-state index is -2.44. The van der Waals surface area contributed by atoms with Gasteiger partial charge in [-0.3, -0.25) is 19.2 Å². The third-order valence-electron chi connectivity index (χ3n) is 14.6. The number of hydrogen-bond acceptors (Lipinski definition) is 13. The van der Waals surface area contributed by atoms with E-state index < -0.39 is 83.9 Å². The van der Waals surface area contributed by atoms with Crippen molar-refractivity contribution in [3.05, 3.63) is 47.6 Å². The highest BCUT2D eigenvalue weighted by Gasteiger charge is 2.53. The Hall–Kier alpha value is -3.37. The van der Waals surface area contributed by atoms with Crippen LogP contribution < -0.4 is 0 Å². The number of aliphatic hydroxyl groups is 4. The Kier molecular flexibility index (Phi) is 21.0. The van der Waals surface area contributed by atoms with E-state index in [9.17, 15) is 44.4 Å². The van der Waals surface area contributed by atoms with Crippen molar-refractivity contribution >= 4 is 29.2 Å². The molecule has 4 rings (SSSR count). The van der Waals surface area contributed by atoms with Gasteiger partial charge in [0.25, 0.3) is 11.7 Å². The minimum absolute atomic E-state index is 0.0144. The zero-order chi connectivity index (χ0) is 48.2. The summed E-state index contributed by atoms with van der Waals surface area (Å²) in [5.41, 5.74) is 1.25. The van der Waals surface area contributed by atoms with Crippen molar-refractivity contribution in [2.45, 2.75) is 174 Å². The fraction of sp³-hybridized carbons (Fsp3) is 0.745. The van der Waals surface area contributed by atoms with Gasteiger partial charge >= 0.3 is 5.97 Å². The van der Waals surface area contributed by atoms with Gasteiger partial charge in [0.2, 0.25) is 5.79 Å². The van der Waals surface area contributed by atoms with E-state index in [0.717, 1.165) is 5.57 Å². The van der Waals surface area contributed by atoms with E-state index >= 15 is 0 Å². The number of ketones is 3. The number of carbonyl (C=O) groups is 5. The molecule has 3 heterocycles. The van der Waals surface area contributed by atoms with E-state index in [4.69, 9.17) is 18.9 Å². The summed E-state index contributed by atoms with van der Waals surface area (Å²) in [6.45, 7) is 12.5. The van der Waals surface area contributed by atoms with Gasteiger partial charge in [-0.25, -0.2) is 4.79 Å².